The first kappa shape index (κ1) is 12.4. The van der Waals surface area contributed by atoms with Crippen LogP contribution in [0.4, 0.5) is 0 Å². The fourth-order valence-electron chi connectivity index (χ4n) is 1.77. The van der Waals surface area contributed by atoms with Gasteiger partial charge in [0.2, 0.25) is 0 Å². The summed E-state index contributed by atoms with van der Waals surface area (Å²) >= 11 is 0. The van der Waals surface area contributed by atoms with E-state index in [2.05, 4.69) is 9.97 Å². The number of esters is 1. The molecule has 0 fully saturated rings. The number of phenolic OH excluding ortho intramolecular Hbond substituents is 1. The molecule has 0 unspecified atom stereocenters. The van der Waals surface area contributed by atoms with Gasteiger partial charge < -0.3 is 14.8 Å². The first-order valence-electron chi connectivity index (χ1n) is 5.98. The molecule has 2 aromatic rings. The van der Waals surface area contributed by atoms with Crippen LogP contribution in [-0.2, 0) is 4.74 Å². The molecule has 0 radical (unpaired) electrons. The molecule has 0 amide bonds. The minimum absolute atomic E-state index is 0.0218. The Bertz CT molecular complexity index is 575. The number of ether oxygens (including phenoxy) is 1. The molecular formula is C13H16N2O3. The normalized spacial score (nSPS) is 10.8. The van der Waals surface area contributed by atoms with Crippen LogP contribution >= 0.6 is 0 Å². The maximum atomic E-state index is 11.9. The highest BCUT2D eigenvalue weighted by molar-refractivity contribution is 6.02. The maximum Gasteiger partial charge on any atom is 0.340 e. The van der Waals surface area contributed by atoms with E-state index in [1.165, 1.54) is 12.1 Å². The Morgan fingerprint density at radius 2 is 2.28 bits per heavy atom. The predicted octanol–water partition coefficient (Wildman–Crippen LogP) is 2.53. The lowest BCUT2D eigenvalue weighted by Crippen LogP contribution is -2.07. The van der Waals surface area contributed by atoms with Crippen molar-refractivity contribution >= 4 is 17.0 Å². The second-order valence-corrected chi connectivity index (χ2v) is 4.20. The Hall–Kier alpha value is -2.04. The number of imidazole rings is 1. The van der Waals surface area contributed by atoms with E-state index < -0.39 is 5.97 Å². The average Bonchev–Trinajstić information content (AvgIpc) is 2.68. The van der Waals surface area contributed by atoms with Crippen LogP contribution in [0.3, 0.4) is 0 Å². The lowest BCUT2D eigenvalue weighted by atomic mass is 10.1. The summed E-state index contributed by atoms with van der Waals surface area (Å²) in [7, 11) is 0. The molecule has 1 aromatic heterocycles. The van der Waals surface area contributed by atoms with Gasteiger partial charge in [0, 0.05) is 6.07 Å². The number of unbranched alkanes of at least 4 members (excludes halogenated alkanes) is 1. The molecule has 0 spiro atoms. The second kappa shape index (κ2) is 5.08. The van der Waals surface area contributed by atoms with Crippen molar-refractivity contribution < 1.29 is 14.6 Å². The molecule has 2 N–H and O–H groups in total. The number of H-pyrrole nitrogens is 1. The van der Waals surface area contributed by atoms with Crippen molar-refractivity contribution in [3.8, 4) is 5.75 Å². The van der Waals surface area contributed by atoms with Crippen LogP contribution in [0.2, 0.25) is 0 Å². The van der Waals surface area contributed by atoms with Crippen molar-refractivity contribution in [3.63, 3.8) is 0 Å². The number of hydrogen-bond acceptors (Lipinski definition) is 4. The van der Waals surface area contributed by atoms with E-state index >= 15 is 0 Å². The van der Waals surface area contributed by atoms with Gasteiger partial charge in [-0.25, -0.2) is 9.78 Å². The zero-order valence-corrected chi connectivity index (χ0v) is 10.5. The number of nitrogens with one attached hydrogen (secondary N) is 1. The number of carbonyl (C=O) groups excluding carboxylic acids is 1. The lowest BCUT2D eigenvalue weighted by Gasteiger charge is -2.05. The lowest BCUT2D eigenvalue weighted by molar-refractivity contribution is 0.0501. The Morgan fingerprint density at radius 1 is 1.50 bits per heavy atom. The molecule has 1 aromatic carbocycles. The largest absolute Gasteiger partial charge is 0.508 e. The number of benzene rings is 1. The summed E-state index contributed by atoms with van der Waals surface area (Å²) in [5, 5.41) is 9.59. The monoisotopic (exact) mass is 248 g/mol. The summed E-state index contributed by atoms with van der Waals surface area (Å²) in [6.07, 6.45) is 1.79. The number of fused-ring (bicyclic) bond motifs is 1. The van der Waals surface area contributed by atoms with Crippen LogP contribution in [0.15, 0.2) is 12.1 Å². The Balaban J connectivity index is 2.33. The van der Waals surface area contributed by atoms with Gasteiger partial charge in [-0.05, 0) is 19.4 Å². The second-order valence-electron chi connectivity index (χ2n) is 4.20. The molecule has 0 aliphatic carbocycles. The van der Waals surface area contributed by atoms with Crippen molar-refractivity contribution in [2.24, 2.45) is 0 Å². The smallest absolute Gasteiger partial charge is 0.340 e. The highest BCUT2D eigenvalue weighted by Gasteiger charge is 2.15. The van der Waals surface area contributed by atoms with E-state index in [4.69, 9.17) is 4.74 Å². The number of rotatable bonds is 4. The van der Waals surface area contributed by atoms with Crippen molar-refractivity contribution in [3.05, 3.63) is 23.5 Å². The molecule has 0 atom stereocenters. The summed E-state index contributed by atoms with van der Waals surface area (Å²) in [5.41, 5.74) is 1.46. The Kier molecular flexibility index (Phi) is 3.50. The van der Waals surface area contributed by atoms with Gasteiger partial charge in [-0.15, -0.1) is 0 Å². The number of aromatic amines is 1. The molecule has 18 heavy (non-hydrogen) atoms. The van der Waals surface area contributed by atoms with Crippen LogP contribution in [0.1, 0.15) is 35.9 Å². The van der Waals surface area contributed by atoms with Gasteiger partial charge in [0.15, 0.2) is 0 Å². The van der Waals surface area contributed by atoms with E-state index in [9.17, 15) is 9.90 Å². The molecule has 0 saturated carbocycles. The number of carbonyl (C=O) groups is 1. The molecule has 5 heteroatoms. The molecule has 2 rings (SSSR count). The minimum Gasteiger partial charge on any atom is -0.508 e. The molecule has 0 bridgehead atoms. The van der Waals surface area contributed by atoms with Gasteiger partial charge in [0.25, 0.3) is 0 Å². The number of aromatic hydroxyl groups is 1. The summed E-state index contributed by atoms with van der Waals surface area (Å²) in [6, 6.07) is 2.93. The average molecular weight is 248 g/mol. The molecule has 0 aliphatic heterocycles. The summed E-state index contributed by atoms with van der Waals surface area (Å²) < 4.78 is 5.14. The van der Waals surface area contributed by atoms with Crippen LogP contribution < -0.4 is 0 Å². The molecule has 0 saturated heterocycles. The first-order valence-corrected chi connectivity index (χ1v) is 5.98. The topological polar surface area (TPSA) is 75.2 Å². The van der Waals surface area contributed by atoms with Gasteiger partial charge >= 0.3 is 5.97 Å². The zero-order chi connectivity index (χ0) is 13.1. The van der Waals surface area contributed by atoms with Crippen molar-refractivity contribution in [2.75, 3.05) is 6.61 Å². The molecule has 96 valence electrons. The third-order valence-electron chi connectivity index (χ3n) is 2.64. The van der Waals surface area contributed by atoms with E-state index in [-0.39, 0.29) is 5.75 Å². The summed E-state index contributed by atoms with van der Waals surface area (Å²) in [5.74, 6) is 0.266. The molecular weight excluding hydrogens is 232 g/mol. The third-order valence-corrected chi connectivity index (χ3v) is 2.64. The predicted molar refractivity (Wildman–Crippen MR) is 67.7 cm³/mol. The van der Waals surface area contributed by atoms with Crippen molar-refractivity contribution in [2.45, 2.75) is 26.7 Å². The molecule has 0 aliphatic rings. The highest BCUT2D eigenvalue weighted by atomic mass is 16.5. The minimum atomic E-state index is -0.448. The van der Waals surface area contributed by atoms with E-state index in [1.54, 1.807) is 6.92 Å². The highest BCUT2D eigenvalue weighted by Crippen LogP contribution is 2.23. The standard InChI is InChI=1S/C13H16N2O3/c1-3-4-5-18-13(17)10-6-9(16)7-11-12(10)15-8(2)14-11/h6-7,16H,3-5H2,1-2H3,(H,14,15). The van der Waals surface area contributed by atoms with Crippen LogP contribution in [-0.4, -0.2) is 27.7 Å². The van der Waals surface area contributed by atoms with Crippen molar-refractivity contribution in [1.29, 1.82) is 0 Å². The van der Waals surface area contributed by atoms with Crippen molar-refractivity contribution in [1.82, 2.24) is 9.97 Å². The number of aromatic nitrogens is 2. The molecule has 1 heterocycles. The van der Waals surface area contributed by atoms with Gasteiger partial charge in [0.1, 0.15) is 17.1 Å². The molecule has 5 nitrogen and oxygen atoms in total. The van der Waals surface area contributed by atoms with Gasteiger partial charge in [-0.1, -0.05) is 13.3 Å². The zero-order valence-electron chi connectivity index (χ0n) is 10.5. The van der Waals surface area contributed by atoms with E-state index in [0.29, 0.717) is 29.0 Å². The SMILES string of the molecule is CCCCOC(=O)c1cc(O)cc2[nH]c(C)nc12. The number of aryl methyl sites for hydroxylation is 1. The van der Waals surface area contributed by atoms with Crippen LogP contribution in [0.5, 0.6) is 5.75 Å². The van der Waals surface area contributed by atoms with Gasteiger partial charge in [-0.2, -0.15) is 0 Å². The summed E-state index contributed by atoms with van der Waals surface area (Å²) in [6.45, 7) is 4.20. The third kappa shape index (κ3) is 2.45. The number of nitrogens with zero attached hydrogens (tertiary/aromatic N) is 1. The Labute approximate surface area is 105 Å². The van der Waals surface area contributed by atoms with E-state index in [0.717, 1.165) is 12.8 Å². The fourth-order valence-corrected chi connectivity index (χ4v) is 1.77. The number of phenols is 1. The van der Waals surface area contributed by atoms with E-state index in [1.807, 2.05) is 6.92 Å². The Morgan fingerprint density at radius 3 is 3.00 bits per heavy atom. The fraction of sp³-hybridized carbons (Fsp3) is 0.385. The number of hydrogen-bond donors (Lipinski definition) is 2. The quantitative estimate of drug-likeness (QED) is 0.644. The maximum absolute atomic E-state index is 11.9. The summed E-state index contributed by atoms with van der Waals surface area (Å²) in [4.78, 5) is 19.1. The van der Waals surface area contributed by atoms with Gasteiger partial charge in [0.05, 0.1) is 17.7 Å². The first-order chi connectivity index (χ1) is 8.61. The van der Waals surface area contributed by atoms with Gasteiger partial charge in [-0.3, -0.25) is 0 Å². The van der Waals surface area contributed by atoms with Crippen LogP contribution in [0.25, 0.3) is 11.0 Å². The van der Waals surface area contributed by atoms with Crippen LogP contribution in [0, 0.1) is 6.92 Å².